The van der Waals surface area contributed by atoms with Crippen LogP contribution in [0.3, 0.4) is 0 Å². The molecule has 0 fully saturated rings. The van der Waals surface area contributed by atoms with E-state index < -0.39 is 0 Å². The predicted molar refractivity (Wildman–Crippen MR) is 84.6 cm³/mol. The Kier molecular flexibility index (Phi) is 4.12. The van der Waals surface area contributed by atoms with Crippen LogP contribution in [-0.2, 0) is 11.3 Å². The number of nitrogens with one attached hydrogen (secondary N) is 1. The smallest absolute Gasteiger partial charge is 0.226 e. The van der Waals surface area contributed by atoms with E-state index in [2.05, 4.69) is 28.1 Å². The van der Waals surface area contributed by atoms with E-state index in [4.69, 9.17) is 0 Å². The van der Waals surface area contributed by atoms with Gasteiger partial charge in [-0.2, -0.15) is 16.9 Å². The first kappa shape index (κ1) is 13.7. The second kappa shape index (κ2) is 6.01. The maximum Gasteiger partial charge on any atom is 0.226 e. The van der Waals surface area contributed by atoms with Crippen LogP contribution in [0.25, 0.3) is 0 Å². The Labute approximate surface area is 126 Å². The molecule has 1 atom stereocenters. The lowest BCUT2D eigenvalue weighted by Crippen LogP contribution is -2.24. The molecule has 4 nitrogen and oxygen atoms in total. The van der Waals surface area contributed by atoms with E-state index in [-0.39, 0.29) is 5.91 Å². The van der Waals surface area contributed by atoms with Gasteiger partial charge in [0, 0.05) is 16.9 Å². The van der Waals surface area contributed by atoms with Crippen LogP contribution in [0.1, 0.15) is 29.2 Å². The number of amides is 1. The van der Waals surface area contributed by atoms with Crippen LogP contribution in [0.5, 0.6) is 0 Å². The van der Waals surface area contributed by atoms with Gasteiger partial charge < -0.3 is 5.32 Å². The number of carbonyl (C=O) groups excluding carboxylic acids is 1. The molecule has 3 heterocycles. The molecule has 3 rings (SSSR count). The van der Waals surface area contributed by atoms with Gasteiger partial charge in [-0.1, -0.05) is 6.07 Å². The van der Waals surface area contributed by atoms with Crippen LogP contribution in [0.4, 0.5) is 5.82 Å². The molecule has 1 amide bonds. The molecule has 0 aromatic carbocycles. The van der Waals surface area contributed by atoms with Gasteiger partial charge in [0.15, 0.2) is 0 Å². The van der Waals surface area contributed by atoms with Crippen LogP contribution < -0.4 is 5.32 Å². The van der Waals surface area contributed by atoms with Gasteiger partial charge in [-0.3, -0.25) is 4.79 Å². The fourth-order valence-electron chi connectivity index (χ4n) is 2.54. The van der Waals surface area contributed by atoms with Crippen LogP contribution in [0.2, 0.25) is 0 Å². The lowest BCUT2D eigenvalue weighted by molar-refractivity contribution is -0.116. The molecule has 0 radical (unpaired) electrons. The third-order valence-electron chi connectivity index (χ3n) is 3.55. The lowest BCUT2D eigenvalue weighted by Gasteiger charge is -2.23. The number of thioether (sulfide) groups is 1. The van der Waals surface area contributed by atoms with Crippen molar-refractivity contribution < 1.29 is 4.79 Å². The molecule has 106 valence electrons. The van der Waals surface area contributed by atoms with Crippen LogP contribution in [-0.4, -0.2) is 27.7 Å². The Morgan fingerprint density at radius 1 is 1.60 bits per heavy atom. The number of hydrogen-bond acceptors (Lipinski definition) is 4. The van der Waals surface area contributed by atoms with E-state index in [1.807, 2.05) is 28.7 Å². The number of fused-ring (bicyclic) bond motifs is 1. The average Bonchev–Trinajstić information content (AvgIpc) is 3.07. The predicted octanol–water partition coefficient (Wildman–Crippen LogP) is 3.17. The van der Waals surface area contributed by atoms with Gasteiger partial charge in [-0.05, 0) is 35.8 Å². The van der Waals surface area contributed by atoms with Gasteiger partial charge in [-0.25, -0.2) is 4.68 Å². The highest BCUT2D eigenvalue weighted by Gasteiger charge is 2.28. The minimum atomic E-state index is 0.108. The summed E-state index contributed by atoms with van der Waals surface area (Å²) in [5, 5.41) is 9.51. The van der Waals surface area contributed by atoms with Gasteiger partial charge >= 0.3 is 0 Å². The Bertz CT molecular complexity index is 592. The molecule has 0 saturated heterocycles. The van der Waals surface area contributed by atoms with Crippen molar-refractivity contribution in [2.75, 3.05) is 17.3 Å². The van der Waals surface area contributed by atoms with E-state index in [9.17, 15) is 4.79 Å². The summed E-state index contributed by atoms with van der Waals surface area (Å²) in [6, 6.07) is 4.13. The molecule has 2 aromatic heterocycles. The van der Waals surface area contributed by atoms with Crippen molar-refractivity contribution in [3.05, 3.63) is 34.2 Å². The summed E-state index contributed by atoms with van der Waals surface area (Å²) in [6.45, 7) is 0.725. The number of rotatable bonds is 5. The number of nitrogens with zero attached hydrogens (tertiary/aromatic N) is 2. The second-order valence-corrected chi connectivity index (χ2v) is 6.93. The van der Waals surface area contributed by atoms with Crippen LogP contribution in [0.15, 0.2) is 23.7 Å². The van der Waals surface area contributed by atoms with Crippen molar-refractivity contribution in [3.8, 4) is 0 Å². The molecule has 6 heteroatoms. The third-order valence-corrected chi connectivity index (χ3v) is 5.06. The molecule has 1 aliphatic rings. The zero-order valence-electron chi connectivity index (χ0n) is 11.3. The molecule has 0 aliphatic carbocycles. The van der Waals surface area contributed by atoms with E-state index in [0.717, 1.165) is 24.5 Å². The molecular weight excluding hydrogens is 290 g/mol. The fourth-order valence-corrected chi connectivity index (χ4v) is 3.75. The largest absolute Gasteiger partial charge is 0.311 e. The van der Waals surface area contributed by atoms with E-state index in [1.54, 1.807) is 11.3 Å². The summed E-state index contributed by atoms with van der Waals surface area (Å²) in [4.78, 5) is 13.1. The number of hydrogen-bond donors (Lipinski definition) is 1. The summed E-state index contributed by atoms with van der Waals surface area (Å²) < 4.78 is 1.91. The summed E-state index contributed by atoms with van der Waals surface area (Å²) in [6.07, 6.45) is 5.64. The van der Waals surface area contributed by atoms with E-state index >= 15 is 0 Å². The first-order chi connectivity index (χ1) is 9.78. The minimum absolute atomic E-state index is 0.108. The highest BCUT2D eigenvalue weighted by atomic mass is 32.2. The molecule has 0 saturated carbocycles. The van der Waals surface area contributed by atoms with Crippen molar-refractivity contribution in [3.63, 3.8) is 0 Å². The lowest BCUT2D eigenvalue weighted by atomic mass is 9.92. The van der Waals surface area contributed by atoms with Crippen molar-refractivity contribution in [1.29, 1.82) is 0 Å². The van der Waals surface area contributed by atoms with Crippen molar-refractivity contribution >= 4 is 34.8 Å². The molecular formula is C14H17N3OS2. The molecule has 1 unspecified atom stereocenters. The quantitative estimate of drug-likeness (QED) is 0.923. The highest BCUT2D eigenvalue weighted by molar-refractivity contribution is 7.98. The zero-order chi connectivity index (χ0) is 13.9. The van der Waals surface area contributed by atoms with Gasteiger partial charge in [0.1, 0.15) is 5.82 Å². The Morgan fingerprint density at radius 3 is 3.25 bits per heavy atom. The number of anilines is 1. The number of thiophene rings is 1. The van der Waals surface area contributed by atoms with Crippen molar-refractivity contribution in [2.45, 2.75) is 25.3 Å². The fraction of sp³-hybridized carbons (Fsp3) is 0.429. The Balaban J connectivity index is 1.85. The molecule has 20 heavy (non-hydrogen) atoms. The Morgan fingerprint density at radius 2 is 2.50 bits per heavy atom. The van der Waals surface area contributed by atoms with Gasteiger partial charge in [0.05, 0.1) is 12.7 Å². The second-order valence-electron chi connectivity index (χ2n) is 4.92. The molecule has 1 N–H and O–H groups in total. The zero-order valence-corrected chi connectivity index (χ0v) is 13.0. The van der Waals surface area contributed by atoms with Gasteiger partial charge in [-0.15, -0.1) is 11.3 Å². The first-order valence-electron chi connectivity index (χ1n) is 6.65. The molecule has 0 bridgehead atoms. The van der Waals surface area contributed by atoms with Crippen molar-refractivity contribution in [1.82, 2.24) is 9.78 Å². The maximum atomic E-state index is 11.9. The molecule has 1 aliphatic heterocycles. The maximum absolute atomic E-state index is 11.9. The summed E-state index contributed by atoms with van der Waals surface area (Å²) in [5.74, 6) is 2.38. The highest BCUT2D eigenvalue weighted by Crippen LogP contribution is 2.35. The average molecular weight is 307 g/mol. The SMILES string of the molecule is CSCCC1CC(=O)Nc2c1cnn2Cc1cccs1. The normalized spacial score (nSPS) is 17.9. The van der Waals surface area contributed by atoms with E-state index in [1.165, 1.54) is 10.4 Å². The first-order valence-corrected chi connectivity index (χ1v) is 8.92. The number of aromatic nitrogens is 2. The molecule has 0 spiro atoms. The topological polar surface area (TPSA) is 46.9 Å². The summed E-state index contributed by atoms with van der Waals surface area (Å²) in [7, 11) is 0. The molecule has 2 aromatic rings. The van der Waals surface area contributed by atoms with Gasteiger partial charge in [0.25, 0.3) is 0 Å². The summed E-state index contributed by atoms with van der Waals surface area (Å²) >= 11 is 3.53. The van der Waals surface area contributed by atoms with Gasteiger partial charge in [0.2, 0.25) is 5.91 Å². The van der Waals surface area contributed by atoms with E-state index in [0.29, 0.717) is 12.3 Å². The monoisotopic (exact) mass is 307 g/mol. The standard InChI is InChI=1S/C14H17N3OS2/c1-19-6-4-10-7-13(18)16-14-12(10)8-15-17(14)9-11-3-2-5-20-11/h2-3,5,8,10H,4,6-7,9H2,1H3,(H,16,18). The number of carbonyl (C=O) groups is 1. The van der Waals surface area contributed by atoms with Crippen LogP contribution in [0, 0.1) is 0 Å². The third kappa shape index (κ3) is 2.76. The summed E-state index contributed by atoms with van der Waals surface area (Å²) in [5.41, 5.74) is 1.19. The Hall–Kier alpha value is -1.27. The minimum Gasteiger partial charge on any atom is -0.311 e. The van der Waals surface area contributed by atoms with Crippen LogP contribution >= 0.6 is 23.1 Å². The van der Waals surface area contributed by atoms with Crippen molar-refractivity contribution in [2.24, 2.45) is 0 Å².